The standard InChI is InChI=1S/C23H26N4O2/c1-16(2)20-9-4-5-10-21(20)27-23-25-14-18(15-26-23)22(28)24-12-11-17-7-6-8-19(13-17)29-3/h4-10,13-16H,11-12H2,1-3H3,(H,24,28)(H,25,26,27). The van der Waals surface area contributed by atoms with E-state index in [0.717, 1.165) is 23.4 Å². The van der Waals surface area contributed by atoms with Gasteiger partial charge < -0.3 is 15.4 Å². The molecule has 1 heterocycles. The van der Waals surface area contributed by atoms with Gasteiger partial charge in [-0.05, 0) is 41.7 Å². The zero-order valence-corrected chi connectivity index (χ0v) is 17.0. The van der Waals surface area contributed by atoms with Crippen LogP contribution in [0.15, 0.2) is 60.9 Å². The molecule has 1 amide bonds. The lowest BCUT2D eigenvalue weighted by atomic mass is 10.0. The summed E-state index contributed by atoms with van der Waals surface area (Å²) < 4.78 is 5.22. The third-order valence-corrected chi connectivity index (χ3v) is 4.58. The lowest BCUT2D eigenvalue weighted by Crippen LogP contribution is -2.26. The van der Waals surface area contributed by atoms with Crippen molar-refractivity contribution < 1.29 is 9.53 Å². The normalized spacial score (nSPS) is 10.6. The van der Waals surface area contributed by atoms with E-state index < -0.39 is 0 Å². The zero-order valence-electron chi connectivity index (χ0n) is 17.0. The molecule has 0 unspecified atom stereocenters. The molecule has 6 heteroatoms. The fourth-order valence-electron chi connectivity index (χ4n) is 2.99. The van der Waals surface area contributed by atoms with Gasteiger partial charge in [-0.3, -0.25) is 4.79 Å². The summed E-state index contributed by atoms with van der Waals surface area (Å²) in [7, 11) is 1.64. The quantitative estimate of drug-likeness (QED) is 0.599. The molecule has 0 radical (unpaired) electrons. The largest absolute Gasteiger partial charge is 0.497 e. The van der Waals surface area contributed by atoms with Crippen LogP contribution in [0.1, 0.15) is 41.3 Å². The third kappa shape index (κ3) is 5.54. The molecular formula is C23H26N4O2. The van der Waals surface area contributed by atoms with Crippen molar-refractivity contribution in [3.63, 3.8) is 0 Å². The summed E-state index contributed by atoms with van der Waals surface area (Å²) >= 11 is 0. The number of nitrogens with zero attached hydrogens (tertiary/aromatic N) is 2. The van der Waals surface area contributed by atoms with E-state index in [1.165, 1.54) is 18.0 Å². The molecule has 2 aromatic carbocycles. The Bertz CT molecular complexity index is 955. The molecule has 0 aliphatic heterocycles. The highest BCUT2D eigenvalue weighted by atomic mass is 16.5. The highest BCUT2D eigenvalue weighted by Gasteiger charge is 2.09. The molecule has 0 saturated carbocycles. The molecule has 0 fully saturated rings. The highest BCUT2D eigenvalue weighted by Crippen LogP contribution is 2.25. The van der Waals surface area contributed by atoms with Crippen molar-refractivity contribution in [2.75, 3.05) is 19.0 Å². The van der Waals surface area contributed by atoms with Crippen LogP contribution >= 0.6 is 0 Å². The van der Waals surface area contributed by atoms with Gasteiger partial charge in [0.25, 0.3) is 5.91 Å². The minimum Gasteiger partial charge on any atom is -0.497 e. The van der Waals surface area contributed by atoms with Gasteiger partial charge in [-0.1, -0.05) is 44.2 Å². The number of carbonyl (C=O) groups excluding carboxylic acids is 1. The number of methoxy groups -OCH3 is 1. The zero-order chi connectivity index (χ0) is 20.6. The Morgan fingerprint density at radius 3 is 2.55 bits per heavy atom. The topological polar surface area (TPSA) is 76.1 Å². The second-order valence-electron chi connectivity index (χ2n) is 7.02. The van der Waals surface area contributed by atoms with Crippen molar-refractivity contribution >= 4 is 17.5 Å². The number of ether oxygens (including phenoxy) is 1. The van der Waals surface area contributed by atoms with Gasteiger partial charge in [0, 0.05) is 24.6 Å². The van der Waals surface area contributed by atoms with E-state index >= 15 is 0 Å². The van der Waals surface area contributed by atoms with Gasteiger partial charge in [0.2, 0.25) is 5.95 Å². The summed E-state index contributed by atoms with van der Waals surface area (Å²) in [5.74, 6) is 1.46. The molecule has 29 heavy (non-hydrogen) atoms. The Kier molecular flexibility index (Phi) is 6.79. The van der Waals surface area contributed by atoms with Crippen LogP contribution in [0.3, 0.4) is 0 Å². The van der Waals surface area contributed by atoms with Gasteiger partial charge in [-0.15, -0.1) is 0 Å². The number of amides is 1. The first-order valence-electron chi connectivity index (χ1n) is 9.66. The van der Waals surface area contributed by atoms with Crippen molar-refractivity contribution in [3.05, 3.63) is 77.6 Å². The number of hydrogen-bond acceptors (Lipinski definition) is 5. The van der Waals surface area contributed by atoms with E-state index in [9.17, 15) is 4.79 Å². The first-order chi connectivity index (χ1) is 14.1. The van der Waals surface area contributed by atoms with Crippen molar-refractivity contribution in [1.29, 1.82) is 0 Å². The van der Waals surface area contributed by atoms with Crippen LogP contribution in [0.4, 0.5) is 11.6 Å². The first kappa shape index (κ1) is 20.3. The molecular weight excluding hydrogens is 364 g/mol. The molecule has 1 aromatic heterocycles. The second-order valence-corrected chi connectivity index (χ2v) is 7.02. The number of benzene rings is 2. The number of carbonyl (C=O) groups is 1. The van der Waals surface area contributed by atoms with Gasteiger partial charge in [-0.2, -0.15) is 0 Å². The van der Waals surface area contributed by atoms with Crippen LogP contribution < -0.4 is 15.4 Å². The molecule has 0 spiro atoms. The predicted octanol–water partition coefficient (Wildman–Crippen LogP) is 4.32. The molecule has 0 bridgehead atoms. The lowest BCUT2D eigenvalue weighted by Gasteiger charge is -2.13. The minimum absolute atomic E-state index is 0.193. The van der Waals surface area contributed by atoms with E-state index in [2.05, 4.69) is 40.5 Å². The Hall–Kier alpha value is -3.41. The molecule has 3 aromatic rings. The number of para-hydroxylation sites is 1. The number of aromatic nitrogens is 2. The Morgan fingerprint density at radius 1 is 1.07 bits per heavy atom. The highest BCUT2D eigenvalue weighted by molar-refractivity contribution is 5.93. The van der Waals surface area contributed by atoms with Gasteiger partial charge in [0.05, 0.1) is 12.7 Å². The van der Waals surface area contributed by atoms with E-state index in [4.69, 9.17) is 4.74 Å². The van der Waals surface area contributed by atoms with Crippen molar-refractivity contribution in [2.45, 2.75) is 26.2 Å². The molecule has 6 nitrogen and oxygen atoms in total. The maximum atomic E-state index is 12.3. The molecule has 0 aliphatic rings. The van der Waals surface area contributed by atoms with Crippen LogP contribution in [0.5, 0.6) is 5.75 Å². The SMILES string of the molecule is COc1cccc(CCNC(=O)c2cnc(Nc3ccccc3C(C)C)nc2)c1. The Labute approximate surface area is 171 Å². The predicted molar refractivity (Wildman–Crippen MR) is 115 cm³/mol. The summed E-state index contributed by atoms with van der Waals surface area (Å²) in [6.45, 7) is 4.80. The van der Waals surface area contributed by atoms with Gasteiger partial charge >= 0.3 is 0 Å². The van der Waals surface area contributed by atoms with E-state index in [0.29, 0.717) is 24.0 Å². The van der Waals surface area contributed by atoms with E-state index in [1.807, 2.05) is 42.5 Å². The average Bonchev–Trinajstić information content (AvgIpc) is 2.74. The van der Waals surface area contributed by atoms with E-state index in [1.54, 1.807) is 7.11 Å². The first-order valence-corrected chi connectivity index (χ1v) is 9.66. The maximum absolute atomic E-state index is 12.3. The fraction of sp³-hybridized carbons (Fsp3) is 0.261. The Morgan fingerprint density at radius 2 is 1.83 bits per heavy atom. The van der Waals surface area contributed by atoms with Crippen molar-refractivity contribution in [2.24, 2.45) is 0 Å². The number of nitrogens with one attached hydrogen (secondary N) is 2. The van der Waals surface area contributed by atoms with Crippen LogP contribution in [0.25, 0.3) is 0 Å². The molecule has 0 saturated heterocycles. The van der Waals surface area contributed by atoms with Gasteiger partial charge in [0.15, 0.2) is 0 Å². The third-order valence-electron chi connectivity index (χ3n) is 4.58. The van der Waals surface area contributed by atoms with Gasteiger partial charge in [-0.25, -0.2) is 9.97 Å². The monoisotopic (exact) mass is 390 g/mol. The fourth-order valence-corrected chi connectivity index (χ4v) is 2.99. The summed E-state index contributed by atoms with van der Waals surface area (Å²) in [4.78, 5) is 20.9. The van der Waals surface area contributed by atoms with E-state index in [-0.39, 0.29) is 5.91 Å². The van der Waals surface area contributed by atoms with Crippen molar-refractivity contribution in [1.82, 2.24) is 15.3 Å². The maximum Gasteiger partial charge on any atom is 0.254 e. The van der Waals surface area contributed by atoms with Crippen LogP contribution in [0, 0.1) is 0 Å². The number of anilines is 2. The number of hydrogen-bond donors (Lipinski definition) is 2. The van der Waals surface area contributed by atoms with Crippen LogP contribution in [-0.4, -0.2) is 29.5 Å². The van der Waals surface area contributed by atoms with Gasteiger partial charge in [0.1, 0.15) is 5.75 Å². The molecule has 3 rings (SSSR count). The number of rotatable bonds is 8. The summed E-state index contributed by atoms with van der Waals surface area (Å²) in [6.07, 6.45) is 3.79. The smallest absolute Gasteiger partial charge is 0.254 e. The average molecular weight is 390 g/mol. The Balaban J connectivity index is 1.56. The molecule has 0 atom stereocenters. The summed E-state index contributed by atoms with van der Waals surface area (Å²) in [5.41, 5.74) is 3.69. The minimum atomic E-state index is -0.193. The molecule has 150 valence electrons. The molecule has 0 aliphatic carbocycles. The summed E-state index contributed by atoms with van der Waals surface area (Å²) in [5, 5.41) is 6.13. The lowest BCUT2D eigenvalue weighted by molar-refractivity contribution is 0.0953. The summed E-state index contributed by atoms with van der Waals surface area (Å²) in [6, 6.07) is 15.9. The second kappa shape index (κ2) is 9.68. The van der Waals surface area contributed by atoms with Crippen LogP contribution in [-0.2, 0) is 6.42 Å². The van der Waals surface area contributed by atoms with Crippen molar-refractivity contribution in [3.8, 4) is 5.75 Å². The van der Waals surface area contributed by atoms with Crippen LogP contribution in [0.2, 0.25) is 0 Å². The molecule has 2 N–H and O–H groups in total.